The Balaban J connectivity index is 1.95. The first-order valence-electron chi connectivity index (χ1n) is 11.4. The maximum Gasteiger partial charge on any atom is 0.328 e. The second-order valence-electron chi connectivity index (χ2n) is 8.16. The summed E-state index contributed by atoms with van der Waals surface area (Å²) in [5.41, 5.74) is 10.8. The molecule has 0 aliphatic rings. The summed E-state index contributed by atoms with van der Waals surface area (Å²) < 4.78 is 3.82. The molecule has 1 unspecified atom stereocenters. The summed E-state index contributed by atoms with van der Waals surface area (Å²) in [5.74, 6) is 5.65. The number of hydrogen-bond donors (Lipinski definition) is 2. The molecule has 0 saturated carbocycles. The number of imidazole rings is 1. The molecule has 32 heavy (non-hydrogen) atoms. The van der Waals surface area contributed by atoms with E-state index in [2.05, 4.69) is 49.2 Å². The minimum absolute atomic E-state index is 0.0599. The van der Waals surface area contributed by atoms with E-state index < -0.39 is 0 Å². The van der Waals surface area contributed by atoms with E-state index in [0.717, 1.165) is 66.6 Å². The monoisotopic (exact) mass is 434 g/mol. The van der Waals surface area contributed by atoms with Crippen LogP contribution in [0.15, 0.2) is 58.8 Å². The molecule has 7 nitrogen and oxygen atoms in total. The number of nitrogens with two attached hydrogens (primary N) is 2. The van der Waals surface area contributed by atoms with Gasteiger partial charge < -0.3 is 11.6 Å². The zero-order valence-electron chi connectivity index (χ0n) is 19.3. The van der Waals surface area contributed by atoms with E-state index in [4.69, 9.17) is 11.6 Å². The van der Waals surface area contributed by atoms with E-state index in [1.807, 2.05) is 21.3 Å². The topological polar surface area (TPSA) is 104 Å². The van der Waals surface area contributed by atoms with Gasteiger partial charge in [0.15, 0.2) is 5.84 Å². The van der Waals surface area contributed by atoms with Crippen LogP contribution in [-0.2, 0) is 13.0 Å². The Morgan fingerprint density at radius 3 is 2.50 bits per heavy atom. The standard InChI is InChI=1S/C25H34N6O/c1-4-6-8-21-17-30(15-7-5-2)25(32)31(21)18(3)19-9-11-20(12-10-19)23-16-28-14-13-22(23)24(26)29-27/h9-14,16-18H,4-8,15,27H2,1-3H3,(H2,26,29). The maximum atomic E-state index is 13.2. The lowest BCUT2D eigenvalue weighted by Crippen LogP contribution is -2.28. The minimum atomic E-state index is -0.0599. The van der Waals surface area contributed by atoms with Crippen LogP contribution in [0.3, 0.4) is 0 Å². The minimum Gasteiger partial charge on any atom is -0.382 e. The van der Waals surface area contributed by atoms with Crippen molar-refractivity contribution in [3.8, 4) is 11.1 Å². The number of hydrazone groups is 1. The van der Waals surface area contributed by atoms with Crippen LogP contribution in [-0.4, -0.2) is 20.0 Å². The van der Waals surface area contributed by atoms with E-state index in [9.17, 15) is 4.79 Å². The molecule has 0 fully saturated rings. The van der Waals surface area contributed by atoms with Crippen molar-refractivity contribution < 1.29 is 0 Å². The molecular weight excluding hydrogens is 400 g/mol. The summed E-state index contributed by atoms with van der Waals surface area (Å²) in [6.07, 6.45) is 10.6. The Morgan fingerprint density at radius 2 is 1.84 bits per heavy atom. The highest BCUT2D eigenvalue weighted by molar-refractivity contribution is 6.03. The number of nitrogens with zero attached hydrogens (tertiary/aromatic N) is 4. The van der Waals surface area contributed by atoms with Crippen LogP contribution in [0.1, 0.15) is 69.3 Å². The van der Waals surface area contributed by atoms with Crippen molar-refractivity contribution in [1.29, 1.82) is 0 Å². The van der Waals surface area contributed by atoms with Crippen LogP contribution in [0, 0.1) is 0 Å². The van der Waals surface area contributed by atoms with Gasteiger partial charge in [0.1, 0.15) is 0 Å². The molecule has 170 valence electrons. The van der Waals surface area contributed by atoms with E-state index >= 15 is 0 Å². The summed E-state index contributed by atoms with van der Waals surface area (Å²) in [4.78, 5) is 17.4. The Hall–Kier alpha value is -3.35. The van der Waals surface area contributed by atoms with Crippen molar-refractivity contribution in [2.45, 2.75) is 65.5 Å². The van der Waals surface area contributed by atoms with Crippen molar-refractivity contribution in [3.05, 3.63) is 76.2 Å². The van der Waals surface area contributed by atoms with Gasteiger partial charge in [0, 0.05) is 42.0 Å². The summed E-state index contributed by atoms with van der Waals surface area (Å²) >= 11 is 0. The van der Waals surface area contributed by atoms with Crippen LogP contribution in [0.25, 0.3) is 11.1 Å². The average molecular weight is 435 g/mol. The van der Waals surface area contributed by atoms with Gasteiger partial charge >= 0.3 is 5.69 Å². The molecule has 0 radical (unpaired) electrons. The molecule has 1 atom stereocenters. The number of aromatic nitrogens is 3. The first-order valence-corrected chi connectivity index (χ1v) is 11.4. The van der Waals surface area contributed by atoms with E-state index in [0.29, 0.717) is 0 Å². The molecule has 0 amide bonds. The number of unbranched alkanes of at least 4 members (excludes halogenated alkanes) is 2. The smallest absolute Gasteiger partial charge is 0.328 e. The molecule has 0 aliphatic heterocycles. The van der Waals surface area contributed by atoms with Crippen molar-refractivity contribution in [2.24, 2.45) is 16.7 Å². The van der Waals surface area contributed by atoms with Crippen molar-refractivity contribution in [1.82, 2.24) is 14.1 Å². The maximum absolute atomic E-state index is 13.2. The molecule has 7 heteroatoms. The molecule has 3 aromatic rings. The third kappa shape index (κ3) is 4.93. The van der Waals surface area contributed by atoms with Gasteiger partial charge in [-0.25, -0.2) is 4.79 Å². The zero-order valence-corrected chi connectivity index (χ0v) is 19.3. The normalized spacial score (nSPS) is 12.8. The molecule has 0 spiro atoms. The second kappa shape index (κ2) is 10.8. The molecule has 4 N–H and O–H groups in total. The molecule has 0 saturated heterocycles. The van der Waals surface area contributed by atoms with Crippen LogP contribution in [0.5, 0.6) is 0 Å². The van der Waals surface area contributed by atoms with Gasteiger partial charge in [-0.1, -0.05) is 51.0 Å². The summed E-state index contributed by atoms with van der Waals surface area (Å²) in [7, 11) is 0. The van der Waals surface area contributed by atoms with Crippen LogP contribution < -0.4 is 17.3 Å². The third-order valence-electron chi connectivity index (χ3n) is 5.93. The van der Waals surface area contributed by atoms with Gasteiger partial charge in [-0.2, -0.15) is 5.10 Å². The molecule has 3 rings (SSSR count). The van der Waals surface area contributed by atoms with Gasteiger partial charge in [-0.05, 0) is 43.4 Å². The largest absolute Gasteiger partial charge is 0.382 e. The van der Waals surface area contributed by atoms with Crippen LogP contribution in [0.2, 0.25) is 0 Å². The first-order chi connectivity index (χ1) is 15.5. The van der Waals surface area contributed by atoms with Crippen molar-refractivity contribution >= 4 is 5.84 Å². The average Bonchev–Trinajstić information content (AvgIpc) is 3.15. The second-order valence-corrected chi connectivity index (χ2v) is 8.16. The quantitative estimate of drug-likeness (QED) is 0.217. The van der Waals surface area contributed by atoms with Gasteiger partial charge in [-0.15, -0.1) is 0 Å². The van der Waals surface area contributed by atoms with Gasteiger partial charge in [0.2, 0.25) is 0 Å². The Bertz CT molecular complexity index is 1110. The lowest BCUT2D eigenvalue weighted by atomic mass is 9.98. The van der Waals surface area contributed by atoms with Crippen LogP contribution >= 0.6 is 0 Å². The molecular formula is C25H34N6O. The van der Waals surface area contributed by atoms with Gasteiger partial charge in [0.25, 0.3) is 0 Å². The van der Waals surface area contributed by atoms with Crippen molar-refractivity contribution in [3.63, 3.8) is 0 Å². The first kappa shape index (κ1) is 23.3. The fourth-order valence-corrected chi connectivity index (χ4v) is 4.01. The third-order valence-corrected chi connectivity index (χ3v) is 5.93. The summed E-state index contributed by atoms with van der Waals surface area (Å²) in [5, 5.41) is 3.62. The number of benzene rings is 1. The lowest BCUT2D eigenvalue weighted by Gasteiger charge is -2.17. The van der Waals surface area contributed by atoms with E-state index in [1.165, 1.54) is 0 Å². The fourth-order valence-electron chi connectivity index (χ4n) is 4.01. The highest BCUT2D eigenvalue weighted by atomic mass is 16.1. The fraction of sp³-hybridized carbons (Fsp3) is 0.400. The highest BCUT2D eigenvalue weighted by Crippen LogP contribution is 2.26. The molecule has 2 aromatic heterocycles. The number of aryl methyl sites for hydroxylation is 2. The zero-order chi connectivity index (χ0) is 23.1. The Kier molecular flexibility index (Phi) is 7.87. The summed E-state index contributed by atoms with van der Waals surface area (Å²) in [6, 6.07) is 9.92. The van der Waals surface area contributed by atoms with E-state index in [-0.39, 0.29) is 17.6 Å². The predicted octanol–water partition coefficient (Wildman–Crippen LogP) is 4.04. The van der Waals surface area contributed by atoms with Gasteiger partial charge in [-0.3, -0.25) is 14.1 Å². The SMILES string of the molecule is CCCCc1cn(CCCC)c(=O)n1C(C)c1ccc(-c2cnccc2/C(N)=N/N)cc1. The van der Waals surface area contributed by atoms with Crippen LogP contribution in [0.4, 0.5) is 0 Å². The lowest BCUT2D eigenvalue weighted by molar-refractivity contribution is 0.546. The molecule has 2 heterocycles. The van der Waals surface area contributed by atoms with Crippen molar-refractivity contribution in [2.75, 3.05) is 0 Å². The van der Waals surface area contributed by atoms with E-state index in [1.54, 1.807) is 18.5 Å². The molecule has 1 aromatic carbocycles. The molecule has 0 bridgehead atoms. The highest BCUT2D eigenvalue weighted by Gasteiger charge is 2.18. The van der Waals surface area contributed by atoms with Gasteiger partial charge in [0.05, 0.1) is 6.04 Å². The number of rotatable bonds is 10. The number of amidine groups is 1. The Morgan fingerprint density at radius 1 is 1.12 bits per heavy atom. The number of hydrogen-bond acceptors (Lipinski definition) is 4. The predicted molar refractivity (Wildman–Crippen MR) is 131 cm³/mol. The molecule has 0 aliphatic carbocycles. The Labute approximate surface area is 189 Å². The summed E-state index contributed by atoms with van der Waals surface area (Å²) in [6.45, 7) is 7.17. The number of pyridine rings is 1.